The topological polar surface area (TPSA) is 161 Å². The number of carbonyl (C=O) groups excluding carboxylic acids is 3. The lowest BCUT2D eigenvalue weighted by Gasteiger charge is -2.46. The number of rotatable bonds is 2. The number of Topliss-reactive ketones (excluding diaryl/α,β-unsaturated/α-hetero) is 2. The summed E-state index contributed by atoms with van der Waals surface area (Å²) in [5, 5.41) is 43.0. The third-order valence-electron chi connectivity index (χ3n) is 6.40. The Morgan fingerprint density at radius 2 is 1.83 bits per heavy atom. The van der Waals surface area contributed by atoms with Gasteiger partial charge in [-0.2, -0.15) is 0 Å². The number of benzene rings is 1. The number of phenolic OH excluding ortho intramolecular Hbond substituents is 1. The first kappa shape index (κ1) is 20.0. The molecular formula is C21H22N2O7. The second-order valence-corrected chi connectivity index (χ2v) is 8.26. The zero-order chi connectivity index (χ0) is 22.1. The molecule has 1 aromatic rings. The van der Waals surface area contributed by atoms with Crippen LogP contribution in [0.15, 0.2) is 29.0 Å². The number of nitrogens with zero attached hydrogens (tertiary/aromatic N) is 1. The van der Waals surface area contributed by atoms with Gasteiger partial charge in [-0.05, 0) is 36.5 Å². The molecule has 9 nitrogen and oxygen atoms in total. The molecule has 30 heavy (non-hydrogen) atoms. The molecule has 3 aliphatic rings. The summed E-state index contributed by atoms with van der Waals surface area (Å²) in [5.41, 5.74) is 3.17. The number of carbonyl (C=O) groups is 3. The summed E-state index contributed by atoms with van der Waals surface area (Å²) >= 11 is 0. The number of aromatic hydroxyl groups is 1. The molecule has 1 unspecified atom stereocenters. The summed E-state index contributed by atoms with van der Waals surface area (Å²) in [6.07, 6.45) is 0.0737. The summed E-state index contributed by atoms with van der Waals surface area (Å²) in [7, 11) is 3.61. The highest BCUT2D eigenvalue weighted by atomic mass is 16.3. The fraction of sp³-hybridized carbons (Fsp3) is 0.381. The van der Waals surface area contributed by atoms with E-state index < -0.39 is 52.0 Å². The van der Waals surface area contributed by atoms with Gasteiger partial charge in [0.1, 0.15) is 22.8 Å². The second kappa shape index (κ2) is 6.33. The minimum Gasteiger partial charge on any atom is -0.508 e. The molecule has 1 aromatic carbocycles. The third-order valence-corrected chi connectivity index (χ3v) is 6.40. The maximum absolute atomic E-state index is 13.3. The Balaban J connectivity index is 1.95. The molecule has 0 bridgehead atoms. The minimum atomic E-state index is -2.54. The van der Waals surface area contributed by atoms with Gasteiger partial charge < -0.3 is 31.1 Å². The number of aliphatic hydroxyl groups excluding tert-OH is 2. The summed E-state index contributed by atoms with van der Waals surface area (Å²) in [6.45, 7) is 0. The number of anilines is 1. The standard InChI is InChI=1S/C21H22N2O7/c1-23(2)11-3-4-12(24)15-10(11)6-8-5-9-7-13(25)16(20(22)29)19(28)21(9,30)18(27)14(8)17(15)26/h3-4,8-9,24,26,28,30H,5-7H2,1-2H3,(H2,22,29)/t8-,9+,21?/m0/s1. The Kier molecular flexibility index (Phi) is 4.21. The van der Waals surface area contributed by atoms with Gasteiger partial charge in [0.15, 0.2) is 11.4 Å². The normalized spacial score (nSPS) is 28.1. The number of fused-ring (bicyclic) bond motifs is 3. The number of phenols is 1. The SMILES string of the molecule is CN(C)c1ccc(O)c2c1C[C@@H]1C[C@@H]3CC(=O)C(C(N)=O)=C(O)C3(O)C(=O)C1=C2O. The van der Waals surface area contributed by atoms with E-state index in [4.69, 9.17) is 5.73 Å². The van der Waals surface area contributed by atoms with Gasteiger partial charge in [0.2, 0.25) is 5.78 Å². The largest absolute Gasteiger partial charge is 0.508 e. The predicted octanol–water partition coefficient (Wildman–Crippen LogP) is 0.490. The quantitative estimate of drug-likeness (QED) is 0.437. The van der Waals surface area contributed by atoms with E-state index in [1.165, 1.54) is 6.07 Å². The molecule has 0 aromatic heterocycles. The molecule has 1 amide bonds. The molecule has 0 aliphatic heterocycles. The number of primary amides is 1. The number of hydrogen-bond donors (Lipinski definition) is 5. The van der Waals surface area contributed by atoms with E-state index in [0.29, 0.717) is 5.56 Å². The summed E-state index contributed by atoms with van der Waals surface area (Å²) in [5.74, 6) is -6.25. The van der Waals surface area contributed by atoms with E-state index >= 15 is 0 Å². The van der Waals surface area contributed by atoms with Crippen LogP contribution < -0.4 is 10.6 Å². The molecule has 3 aliphatic carbocycles. The summed E-state index contributed by atoms with van der Waals surface area (Å²) in [6, 6.07) is 3.10. The molecule has 6 N–H and O–H groups in total. The van der Waals surface area contributed by atoms with Gasteiger partial charge >= 0.3 is 0 Å². The lowest BCUT2D eigenvalue weighted by Crippen LogP contribution is -2.58. The van der Waals surface area contributed by atoms with Crippen LogP contribution in [-0.2, 0) is 20.8 Å². The maximum atomic E-state index is 13.3. The molecule has 0 radical (unpaired) electrons. The molecular weight excluding hydrogens is 392 g/mol. The van der Waals surface area contributed by atoms with Crippen molar-refractivity contribution in [3.05, 3.63) is 40.2 Å². The van der Waals surface area contributed by atoms with Crippen molar-refractivity contribution in [2.24, 2.45) is 17.6 Å². The Morgan fingerprint density at radius 3 is 2.43 bits per heavy atom. The number of aliphatic hydroxyl groups is 3. The van der Waals surface area contributed by atoms with Gasteiger partial charge in [0, 0.05) is 37.7 Å². The Bertz CT molecular complexity index is 1090. The monoisotopic (exact) mass is 414 g/mol. The first-order valence-electron chi connectivity index (χ1n) is 9.49. The predicted molar refractivity (Wildman–Crippen MR) is 106 cm³/mol. The van der Waals surface area contributed by atoms with Crippen LogP contribution in [0.2, 0.25) is 0 Å². The van der Waals surface area contributed by atoms with Crippen LogP contribution in [-0.4, -0.2) is 57.6 Å². The zero-order valence-electron chi connectivity index (χ0n) is 16.5. The molecule has 9 heteroatoms. The van der Waals surface area contributed by atoms with E-state index in [2.05, 4.69) is 0 Å². The van der Waals surface area contributed by atoms with Crippen molar-refractivity contribution < 1.29 is 34.8 Å². The second-order valence-electron chi connectivity index (χ2n) is 8.26. The zero-order valence-corrected chi connectivity index (χ0v) is 16.5. The van der Waals surface area contributed by atoms with Gasteiger partial charge in [-0.25, -0.2) is 0 Å². The number of nitrogens with two attached hydrogens (primary N) is 1. The molecule has 1 fully saturated rings. The lowest BCUT2D eigenvalue weighted by molar-refractivity contribution is -0.147. The van der Waals surface area contributed by atoms with Crippen molar-refractivity contribution >= 4 is 28.9 Å². The Hall–Kier alpha value is -3.33. The maximum Gasteiger partial charge on any atom is 0.255 e. The molecule has 158 valence electrons. The van der Waals surface area contributed by atoms with E-state index in [1.807, 2.05) is 19.0 Å². The van der Waals surface area contributed by atoms with Crippen molar-refractivity contribution in [2.75, 3.05) is 19.0 Å². The van der Waals surface area contributed by atoms with Crippen molar-refractivity contribution in [3.8, 4) is 5.75 Å². The molecule has 1 saturated carbocycles. The van der Waals surface area contributed by atoms with Gasteiger partial charge in [-0.1, -0.05) is 0 Å². The van der Waals surface area contributed by atoms with E-state index in [9.17, 15) is 34.8 Å². The first-order chi connectivity index (χ1) is 14.0. The van der Waals surface area contributed by atoms with E-state index in [1.54, 1.807) is 6.07 Å². The van der Waals surface area contributed by atoms with Gasteiger partial charge in [0.05, 0.1) is 5.56 Å². The van der Waals surface area contributed by atoms with Crippen LogP contribution >= 0.6 is 0 Å². The van der Waals surface area contributed by atoms with Crippen molar-refractivity contribution in [2.45, 2.75) is 24.9 Å². The summed E-state index contributed by atoms with van der Waals surface area (Å²) < 4.78 is 0. The number of ketones is 2. The van der Waals surface area contributed by atoms with Crippen LogP contribution in [0.1, 0.15) is 24.0 Å². The molecule has 3 atom stereocenters. The fourth-order valence-electron chi connectivity index (χ4n) is 5.02. The average Bonchev–Trinajstić information content (AvgIpc) is 2.64. The van der Waals surface area contributed by atoms with Crippen LogP contribution in [0.3, 0.4) is 0 Å². The third kappa shape index (κ3) is 2.41. The first-order valence-corrected chi connectivity index (χ1v) is 9.49. The van der Waals surface area contributed by atoms with E-state index in [0.717, 1.165) is 5.69 Å². The van der Waals surface area contributed by atoms with Gasteiger partial charge in [-0.3, -0.25) is 14.4 Å². The smallest absolute Gasteiger partial charge is 0.255 e. The Morgan fingerprint density at radius 1 is 1.17 bits per heavy atom. The molecule has 4 rings (SSSR count). The highest BCUT2D eigenvalue weighted by Crippen LogP contribution is 2.52. The minimum absolute atomic E-state index is 0.0910. The average molecular weight is 414 g/mol. The molecule has 0 saturated heterocycles. The van der Waals surface area contributed by atoms with Crippen LogP contribution in [0, 0.1) is 11.8 Å². The lowest BCUT2D eigenvalue weighted by atomic mass is 9.59. The molecule has 0 heterocycles. The highest BCUT2D eigenvalue weighted by molar-refractivity contribution is 6.22. The van der Waals surface area contributed by atoms with Crippen molar-refractivity contribution in [1.29, 1.82) is 0 Å². The van der Waals surface area contributed by atoms with Gasteiger partial charge in [-0.15, -0.1) is 0 Å². The van der Waals surface area contributed by atoms with Crippen LogP contribution in [0.25, 0.3) is 5.76 Å². The molecule has 0 spiro atoms. The van der Waals surface area contributed by atoms with Gasteiger partial charge in [0.25, 0.3) is 5.91 Å². The van der Waals surface area contributed by atoms with Crippen LogP contribution in [0.5, 0.6) is 5.75 Å². The van der Waals surface area contributed by atoms with Crippen LogP contribution in [0.4, 0.5) is 5.69 Å². The Labute approximate surface area is 171 Å². The number of amides is 1. The number of hydrogen-bond acceptors (Lipinski definition) is 8. The van der Waals surface area contributed by atoms with Crippen molar-refractivity contribution in [3.63, 3.8) is 0 Å². The summed E-state index contributed by atoms with van der Waals surface area (Å²) in [4.78, 5) is 39.1. The van der Waals surface area contributed by atoms with Crippen molar-refractivity contribution in [1.82, 2.24) is 0 Å². The fourth-order valence-corrected chi connectivity index (χ4v) is 5.02. The highest BCUT2D eigenvalue weighted by Gasteiger charge is 2.60. The van der Waals surface area contributed by atoms with E-state index in [-0.39, 0.29) is 36.1 Å².